The van der Waals surface area contributed by atoms with E-state index in [1.165, 1.54) is 9.42 Å². The minimum atomic E-state index is -1.07. The van der Waals surface area contributed by atoms with Gasteiger partial charge in [-0.2, -0.15) is 15.5 Å². The fourth-order valence-electron chi connectivity index (χ4n) is 5.29. The minimum Gasteiger partial charge on any atom is -0.380 e. The summed E-state index contributed by atoms with van der Waals surface area (Å²) in [5.41, 5.74) is 0.388. The van der Waals surface area contributed by atoms with Crippen LogP contribution < -0.4 is 4.90 Å². The van der Waals surface area contributed by atoms with E-state index in [2.05, 4.69) is 23.2 Å². The van der Waals surface area contributed by atoms with Crippen LogP contribution in [0.2, 0.25) is 0 Å². The Hall–Kier alpha value is -3.32. The lowest BCUT2D eigenvalue weighted by Crippen LogP contribution is -2.43. The molecular formula is C23H24FN7O2. The number of fused-ring (bicyclic) bond motifs is 1. The summed E-state index contributed by atoms with van der Waals surface area (Å²) in [5.74, 6) is -0.768. The largest absolute Gasteiger partial charge is 0.380 e. The SMILES string of the molecule is C[C@@H]1CN(c2nc(-c3cnn(CC4(C)COC4)c3)cn3ncc(F)c23)C(=O)[C@]1(C#N)C1CC1. The highest BCUT2D eigenvalue weighted by atomic mass is 19.1. The number of nitriles is 1. The maximum absolute atomic E-state index is 14.7. The highest BCUT2D eigenvalue weighted by molar-refractivity contribution is 6.04. The number of rotatable bonds is 5. The number of nitrogens with zero attached hydrogens (tertiary/aromatic N) is 7. The summed E-state index contributed by atoms with van der Waals surface area (Å²) in [6, 6.07) is 2.32. The average Bonchev–Trinajstić information content (AvgIpc) is 3.32. The van der Waals surface area contributed by atoms with Crippen LogP contribution >= 0.6 is 0 Å². The second-order valence-electron chi connectivity index (χ2n) is 10.0. The van der Waals surface area contributed by atoms with E-state index in [0.29, 0.717) is 32.0 Å². The molecule has 2 saturated heterocycles. The van der Waals surface area contributed by atoms with Crippen LogP contribution in [-0.4, -0.2) is 50.0 Å². The number of carbonyl (C=O) groups is 1. The van der Waals surface area contributed by atoms with E-state index < -0.39 is 11.2 Å². The molecule has 0 N–H and O–H groups in total. The summed E-state index contributed by atoms with van der Waals surface area (Å²) < 4.78 is 23.3. The molecule has 2 aliphatic heterocycles. The van der Waals surface area contributed by atoms with Crippen molar-refractivity contribution in [3.05, 3.63) is 30.6 Å². The molecule has 0 bridgehead atoms. The Kier molecular flexibility index (Phi) is 4.21. The number of halogens is 1. The third kappa shape index (κ3) is 2.92. The number of amides is 1. The molecule has 0 unspecified atom stereocenters. The Morgan fingerprint density at radius 3 is 2.73 bits per heavy atom. The van der Waals surface area contributed by atoms with E-state index in [1.54, 1.807) is 12.4 Å². The fourth-order valence-corrected chi connectivity index (χ4v) is 5.29. The van der Waals surface area contributed by atoms with Crippen molar-refractivity contribution in [2.24, 2.45) is 22.7 Å². The van der Waals surface area contributed by atoms with Crippen molar-refractivity contribution in [2.75, 3.05) is 24.7 Å². The van der Waals surface area contributed by atoms with Gasteiger partial charge in [-0.3, -0.25) is 14.4 Å². The van der Waals surface area contributed by atoms with Gasteiger partial charge in [-0.1, -0.05) is 13.8 Å². The predicted octanol–water partition coefficient (Wildman–Crippen LogP) is 2.67. The zero-order valence-electron chi connectivity index (χ0n) is 18.5. The quantitative estimate of drug-likeness (QED) is 0.594. The van der Waals surface area contributed by atoms with Crippen LogP contribution in [0.1, 0.15) is 26.7 Å². The first-order chi connectivity index (χ1) is 15.8. The zero-order chi connectivity index (χ0) is 23.0. The van der Waals surface area contributed by atoms with E-state index in [9.17, 15) is 14.4 Å². The Balaban J connectivity index is 1.42. The van der Waals surface area contributed by atoms with Crippen molar-refractivity contribution in [1.29, 1.82) is 5.26 Å². The number of aromatic nitrogens is 5. The highest BCUT2D eigenvalue weighted by Crippen LogP contribution is 2.54. The second-order valence-corrected chi connectivity index (χ2v) is 10.0. The smallest absolute Gasteiger partial charge is 0.249 e. The van der Waals surface area contributed by atoms with Gasteiger partial charge in [0, 0.05) is 29.6 Å². The molecule has 0 spiro atoms. The van der Waals surface area contributed by atoms with Gasteiger partial charge in [0.1, 0.15) is 10.9 Å². The minimum absolute atomic E-state index is 0.0541. The lowest BCUT2D eigenvalue weighted by atomic mass is 9.75. The van der Waals surface area contributed by atoms with Gasteiger partial charge >= 0.3 is 0 Å². The van der Waals surface area contributed by atoms with Gasteiger partial charge in [-0.25, -0.2) is 13.9 Å². The van der Waals surface area contributed by atoms with E-state index in [0.717, 1.165) is 24.6 Å². The molecule has 10 heteroatoms. The Labute approximate surface area is 189 Å². The maximum Gasteiger partial charge on any atom is 0.249 e. The number of hydrogen-bond acceptors (Lipinski definition) is 6. The molecule has 3 aromatic heterocycles. The summed E-state index contributed by atoms with van der Waals surface area (Å²) in [6.07, 6.45) is 8.08. The first-order valence-corrected chi connectivity index (χ1v) is 11.2. The lowest BCUT2D eigenvalue weighted by molar-refractivity contribution is -0.124. The molecule has 170 valence electrons. The Morgan fingerprint density at radius 1 is 1.27 bits per heavy atom. The second kappa shape index (κ2) is 6.84. The van der Waals surface area contributed by atoms with Crippen LogP contribution in [0.15, 0.2) is 24.8 Å². The van der Waals surface area contributed by atoms with E-state index in [1.807, 2.05) is 17.8 Å². The topological polar surface area (TPSA) is 101 Å². The van der Waals surface area contributed by atoms with Gasteiger partial charge < -0.3 is 4.74 Å². The van der Waals surface area contributed by atoms with Gasteiger partial charge in [0.25, 0.3) is 0 Å². The molecule has 0 aromatic carbocycles. The molecule has 1 saturated carbocycles. The fraction of sp³-hybridized carbons (Fsp3) is 0.522. The molecule has 1 amide bonds. The summed E-state index contributed by atoms with van der Waals surface area (Å²) >= 11 is 0. The van der Waals surface area contributed by atoms with Gasteiger partial charge in [0.05, 0.1) is 50.1 Å². The molecule has 9 nitrogen and oxygen atoms in total. The first-order valence-electron chi connectivity index (χ1n) is 11.2. The molecule has 3 aliphatic rings. The highest BCUT2D eigenvalue weighted by Gasteiger charge is 2.61. The molecule has 3 aromatic rings. The van der Waals surface area contributed by atoms with Crippen molar-refractivity contribution < 1.29 is 13.9 Å². The van der Waals surface area contributed by atoms with Crippen molar-refractivity contribution in [3.8, 4) is 17.3 Å². The van der Waals surface area contributed by atoms with Crippen molar-refractivity contribution in [2.45, 2.75) is 33.2 Å². The molecule has 3 fully saturated rings. The average molecular weight is 449 g/mol. The molecule has 33 heavy (non-hydrogen) atoms. The standard InChI is InChI=1S/C23H24FN7O2/c1-14-7-30(21(32)23(14,10-25)16-3-4-16)20-19-17(24)6-27-31(19)9-18(28-20)15-5-26-29(8-15)11-22(2)12-33-13-22/h5-6,8-9,14,16H,3-4,7,11-13H2,1-2H3/t14-,23+/m1/s1. The molecule has 5 heterocycles. The summed E-state index contributed by atoms with van der Waals surface area (Å²) in [5, 5.41) is 18.6. The zero-order valence-corrected chi connectivity index (χ0v) is 18.5. The predicted molar refractivity (Wildman–Crippen MR) is 115 cm³/mol. The molecule has 2 atom stereocenters. The van der Waals surface area contributed by atoms with Crippen LogP contribution in [-0.2, 0) is 16.1 Å². The van der Waals surface area contributed by atoms with Crippen LogP contribution in [0.4, 0.5) is 10.2 Å². The molecule has 1 aliphatic carbocycles. The Morgan fingerprint density at radius 2 is 2.06 bits per heavy atom. The summed E-state index contributed by atoms with van der Waals surface area (Å²) in [6.45, 7) is 6.49. The first kappa shape index (κ1) is 20.3. The number of ether oxygens (including phenoxy) is 1. The van der Waals surface area contributed by atoms with Gasteiger partial charge in [0.15, 0.2) is 11.6 Å². The van der Waals surface area contributed by atoms with Crippen LogP contribution in [0.25, 0.3) is 16.8 Å². The number of hydrogen-bond donors (Lipinski definition) is 0. The Bertz CT molecular complexity index is 1320. The molecular weight excluding hydrogens is 425 g/mol. The van der Waals surface area contributed by atoms with Gasteiger partial charge in [-0.15, -0.1) is 0 Å². The number of carbonyl (C=O) groups excluding carboxylic acids is 1. The number of anilines is 1. The van der Waals surface area contributed by atoms with Crippen molar-refractivity contribution >= 4 is 17.2 Å². The van der Waals surface area contributed by atoms with Gasteiger partial charge in [0.2, 0.25) is 5.91 Å². The third-order valence-electron chi connectivity index (χ3n) is 7.30. The van der Waals surface area contributed by atoms with Crippen molar-refractivity contribution in [1.82, 2.24) is 24.4 Å². The van der Waals surface area contributed by atoms with E-state index in [4.69, 9.17) is 9.72 Å². The molecule has 6 rings (SSSR count). The van der Waals surface area contributed by atoms with Gasteiger partial charge in [-0.05, 0) is 18.8 Å². The molecule has 0 radical (unpaired) electrons. The maximum atomic E-state index is 14.7. The normalized spacial score (nSPS) is 26.5. The monoisotopic (exact) mass is 449 g/mol. The summed E-state index contributed by atoms with van der Waals surface area (Å²) in [7, 11) is 0. The third-order valence-corrected chi connectivity index (χ3v) is 7.30. The van der Waals surface area contributed by atoms with E-state index in [-0.39, 0.29) is 34.5 Å². The van der Waals surface area contributed by atoms with Crippen molar-refractivity contribution in [3.63, 3.8) is 0 Å². The van der Waals surface area contributed by atoms with E-state index >= 15 is 0 Å². The summed E-state index contributed by atoms with van der Waals surface area (Å²) in [4.78, 5) is 19.7. The lowest BCUT2D eigenvalue weighted by Gasteiger charge is -2.37. The van der Waals surface area contributed by atoms with Crippen LogP contribution in [0.3, 0.4) is 0 Å². The van der Waals surface area contributed by atoms with Crippen LogP contribution in [0.5, 0.6) is 0 Å². The van der Waals surface area contributed by atoms with Crippen LogP contribution in [0, 0.1) is 39.8 Å².